The number of nitriles is 1. The Kier molecular flexibility index (Phi) is 4.52. The van der Waals surface area contributed by atoms with Gasteiger partial charge in [0.25, 0.3) is 5.91 Å². The molecule has 0 bridgehead atoms. The number of carbonyl (C=O) groups excluding carboxylic acids is 1. The Morgan fingerprint density at radius 3 is 2.71 bits per heavy atom. The van der Waals surface area contributed by atoms with Gasteiger partial charge in [-0.25, -0.2) is 9.37 Å². The fraction of sp³-hybridized carbons (Fsp3) is 0.0476. The molecule has 1 amide bonds. The van der Waals surface area contributed by atoms with Crippen LogP contribution in [0.5, 0.6) is 0 Å². The zero-order valence-corrected chi connectivity index (χ0v) is 14.5. The fourth-order valence-corrected chi connectivity index (χ4v) is 2.70. The molecule has 0 saturated heterocycles. The monoisotopic (exact) mass is 372 g/mol. The van der Waals surface area contributed by atoms with E-state index in [2.05, 4.69) is 15.3 Å². The Morgan fingerprint density at radius 1 is 1.18 bits per heavy atom. The third-order valence-electron chi connectivity index (χ3n) is 4.16. The highest BCUT2D eigenvalue weighted by Crippen LogP contribution is 2.23. The molecule has 0 saturated carbocycles. The van der Waals surface area contributed by atoms with Crippen LogP contribution in [-0.4, -0.2) is 15.9 Å². The van der Waals surface area contributed by atoms with Crippen molar-refractivity contribution >= 4 is 17.1 Å². The van der Waals surface area contributed by atoms with E-state index in [1.54, 1.807) is 18.3 Å². The van der Waals surface area contributed by atoms with E-state index in [4.69, 9.17) is 9.68 Å². The molecule has 0 radical (unpaired) electrons. The lowest BCUT2D eigenvalue weighted by Gasteiger charge is -2.07. The molecule has 0 atom stereocenters. The van der Waals surface area contributed by atoms with Crippen LogP contribution in [0.1, 0.15) is 21.5 Å². The number of pyridine rings is 1. The van der Waals surface area contributed by atoms with Crippen molar-refractivity contribution in [3.63, 3.8) is 0 Å². The van der Waals surface area contributed by atoms with Crippen molar-refractivity contribution in [2.45, 2.75) is 6.54 Å². The van der Waals surface area contributed by atoms with Gasteiger partial charge in [-0.3, -0.25) is 4.79 Å². The van der Waals surface area contributed by atoms with Crippen molar-refractivity contribution in [3.8, 4) is 17.5 Å². The van der Waals surface area contributed by atoms with Gasteiger partial charge in [0.1, 0.15) is 5.82 Å². The number of benzene rings is 2. The van der Waals surface area contributed by atoms with Crippen LogP contribution in [0.15, 0.2) is 65.2 Å². The number of fused-ring (bicyclic) bond motifs is 1. The zero-order chi connectivity index (χ0) is 19.5. The van der Waals surface area contributed by atoms with Crippen molar-refractivity contribution < 1.29 is 13.6 Å². The summed E-state index contributed by atoms with van der Waals surface area (Å²) in [6.45, 7) is 0.230. The van der Waals surface area contributed by atoms with Gasteiger partial charge in [-0.15, -0.1) is 0 Å². The molecule has 1 N–H and O–H groups in total. The topological polar surface area (TPSA) is 91.8 Å². The lowest BCUT2D eigenvalue weighted by Crippen LogP contribution is -2.23. The normalized spacial score (nSPS) is 10.6. The summed E-state index contributed by atoms with van der Waals surface area (Å²) in [7, 11) is 0. The number of amides is 1. The Balaban J connectivity index is 1.45. The maximum atomic E-state index is 13.9. The Bertz CT molecular complexity index is 1180. The molecule has 4 aromatic rings. The number of rotatable bonds is 4. The van der Waals surface area contributed by atoms with E-state index in [9.17, 15) is 9.18 Å². The molecule has 136 valence electrons. The van der Waals surface area contributed by atoms with Crippen LogP contribution < -0.4 is 5.32 Å². The van der Waals surface area contributed by atoms with Gasteiger partial charge in [-0.05, 0) is 48.0 Å². The van der Waals surface area contributed by atoms with Gasteiger partial charge in [0.2, 0.25) is 5.89 Å². The molecule has 2 heterocycles. The summed E-state index contributed by atoms with van der Waals surface area (Å²) in [6, 6.07) is 16.5. The van der Waals surface area contributed by atoms with E-state index < -0.39 is 11.7 Å². The zero-order valence-electron chi connectivity index (χ0n) is 14.5. The van der Waals surface area contributed by atoms with E-state index >= 15 is 0 Å². The van der Waals surface area contributed by atoms with Gasteiger partial charge >= 0.3 is 0 Å². The third kappa shape index (κ3) is 3.44. The molecule has 0 spiro atoms. The van der Waals surface area contributed by atoms with Gasteiger partial charge in [0, 0.05) is 18.3 Å². The molecule has 6 nitrogen and oxygen atoms in total. The molecule has 2 aromatic carbocycles. The van der Waals surface area contributed by atoms with Crippen LogP contribution in [0.4, 0.5) is 4.39 Å². The predicted octanol–water partition coefficient (Wildman–Crippen LogP) is 3.83. The minimum absolute atomic E-state index is 0.102. The summed E-state index contributed by atoms with van der Waals surface area (Å²) in [5, 5.41) is 11.4. The molecule has 7 heteroatoms. The van der Waals surface area contributed by atoms with Crippen molar-refractivity contribution in [3.05, 3.63) is 83.3 Å². The number of carbonyl (C=O) groups is 1. The highest BCUT2D eigenvalue weighted by molar-refractivity contribution is 5.94. The van der Waals surface area contributed by atoms with Crippen molar-refractivity contribution in [1.82, 2.24) is 15.3 Å². The minimum Gasteiger partial charge on any atom is -0.434 e. The van der Waals surface area contributed by atoms with E-state index in [0.717, 1.165) is 17.2 Å². The Morgan fingerprint density at radius 2 is 2.00 bits per heavy atom. The number of nitrogens with one attached hydrogen (secondary N) is 1. The largest absolute Gasteiger partial charge is 0.434 e. The number of oxazole rings is 1. The van der Waals surface area contributed by atoms with Crippen molar-refractivity contribution in [2.24, 2.45) is 0 Å². The molecule has 0 aliphatic rings. The number of nitrogens with zero attached hydrogens (tertiary/aromatic N) is 3. The first-order valence-corrected chi connectivity index (χ1v) is 8.43. The van der Waals surface area contributed by atoms with Crippen LogP contribution in [0.2, 0.25) is 0 Å². The fourth-order valence-electron chi connectivity index (χ4n) is 2.70. The quantitative estimate of drug-likeness (QED) is 0.588. The lowest BCUT2D eigenvalue weighted by molar-refractivity contribution is 0.0947. The smallest absolute Gasteiger partial charge is 0.254 e. The maximum absolute atomic E-state index is 13.9. The van der Waals surface area contributed by atoms with E-state index in [1.807, 2.05) is 30.3 Å². The molecule has 0 aliphatic carbocycles. The van der Waals surface area contributed by atoms with Gasteiger partial charge < -0.3 is 9.73 Å². The van der Waals surface area contributed by atoms with Crippen LogP contribution in [0.3, 0.4) is 0 Å². The van der Waals surface area contributed by atoms with E-state index in [-0.39, 0.29) is 17.7 Å². The van der Waals surface area contributed by atoms with Crippen LogP contribution in [0.25, 0.3) is 22.7 Å². The highest BCUT2D eigenvalue weighted by atomic mass is 19.1. The first kappa shape index (κ1) is 17.4. The second kappa shape index (κ2) is 7.29. The Labute approximate surface area is 159 Å². The summed E-state index contributed by atoms with van der Waals surface area (Å²) in [5.74, 6) is -0.809. The Hall–Kier alpha value is -4.05. The molecular weight excluding hydrogens is 359 g/mol. The molecule has 28 heavy (non-hydrogen) atoms. The van der Waals surface area contributed by atoms with Crippen LogP contribution >= 0.6 is 0 Å². The standard InChI is InChI=1S/C21H13FN4O2/c22-17-10-14(11-23)5-8-16(17)20(27)25-12-13-3-6-15(7-4-13)21-26-19-18(28-21)2-1-9-24-19/h1-10H,12H2,(H,25,27). The summed E-state index contributed by atoms with van der Waals surface area (Å²) >= 11 is 0. The van der Waals surface area contributed by atoms with Gasteiger partial charge in [-0.2, -0.15) is 10.2 Å². The van der Waals surface area contributed by atoms with Gasteiger partial charge in [-0.1, -0.05) is 12.1 Å². The second-order valence-corrected chi connectivity index (χ2v) is 6.03. The number of hydrogen-bond donors (Lipinski definition) is 1. The number of hydrogen-bond acceptors (Lipinski definition) is 5. The van der Waals surface area contributed by atoms with Crippen LogP contribution in [-0.2, 0) is 6.54 Å². The first-order chi connectivity index (χ1) is 13.6. The molecule has 2 aromatic heterocycles. The minimum atomic E-state index is -0.725. The maximum Gasteiger partial charge on any atom is 0.254 e. The lowest BCUT2D eigenvalue weighted by atomic mass is 10.1. The second-order valence-electron chi connectivity index (χ2n) is 6.03. The van der Waals surface area contributed by atoms with Crippen molar-refractivity contribution in [2.75, 3.05) is 0 Å². The highest BCUT2D eigenvalue weighted by Gasteiger charge is 2.12. The number of halogens is 1. The van der Waals surface area contributed by atoms with E-state index in [0.29, 0.717) is 17.1 Å². The van der Waals surface area contributed by atoms with E-state index in [1.165, 1.54) is 12.1 Å². The first-order valence-electron chi connectivity index (χ1n) is 8.43. The van der Waals surface area contributed by atoms with Gasteiger partial charge in [0.15, 0.2) is 11.2 Å². The summed E-state index contributed by atoms with van der Waals surface area (Å²) < 4.78 is 19.6. The average Bonchev–Trinajstić information content (AvgIpc) is 3.16. The third-order valence-corrected chi connectivity index (χ3v) is 4.16. The summed E-state index contributed by atoms with van der Waals surface area (Å²) in [4.78, 5) is 20.6. The van der Waals surface area contributed by atoms with Gasteiger partial charge in [0.05, 0.1) is 17.2 Å². The van der Waals surface area contributed by atoms with Crippen LogP contribution in [0, 0.1) is 17.1 Å². The average molecular weight is 372 g/mol. The predicted molar refractivity (Wildman–Crippen MR) is 99.5 cm³/mol. The molecule has 0 unspecified atom stereocenters. The van der Waals surface area contributed by atoms with Crippen molar-refractivity contribution in [1.29, 1.82) is 5.26 Å². The number of aromatic nitrogens is 2. The molecular formula is C21H13FN4O2. The SMILES string of the molecule is N#Cc1ccc(C(=O)NCc2ccc(-c3nc4ncccc4o3)cc2)c(F)c1. The molecule has 0 aliphatic heterocycles. The molecule has 4 rings (SSSR count). The molecule has 0 fully saturated rings. The summed E-state index contributed by atoms with van der Waals surface area (Å²) in [6.07, 6.45) is 1.65. The summed E-state index contributed by atoms with van der Waals surface area (Å²) in [5.41, 5.74) is 2.83.